The number of carbonyl (C=O) groups is 2. The molecule has 1 atom stereocenters. The Labute approximate surface area is 155 Å². The van der Waals surface area contributed by atoms with Crippen LogP contribution >= 0.6 is 0 Å². The minimum atomic E-state index is -4.43. The van der Waals surface area contributed by atoms with E-state index in [1.807, 2.05) is 13.0 Å². The molecule has 0 saturated carbocycles. The highest BCUT2D eigenvalue weighted by atomic mass is 19.4. The Balaban J connectivity index is 1.84. The molecule has 0 aliphatic carbocycles. The number of rotatable bonds is 6. The Hall–Kier alpha value is -2.83. The van der Waals surface area contributed by atoms with Gasteiger partial charge in [0, 0.05) is 18.5 Å². The number of hydrogen-bond acceptors (Lipinski definition) is 2. The summed E-state index contributed by atoms with van der Waals surface area (Å²) in [6.45, 7) is 3.62. The van der Waals surface area contributed by atoms with Crippen molar-refractivity contribution in [3.8, 4) is 0 Å². The lowest BCUT2D eigenvalue weighted by Crippen LogP contribution is -2.32. The first-order valence-corrected chi connectivity index (χ1v) is 8.48. The van der Waals surface area contributed by atoms with E-state index in [9.17, 15) is 22.8 Å². The van der Waals surface area contributed by atoms with Crippen LogP contribution in [0.15, 0.2) is 48.5 Å². The quantitative estimate of drug-likeness (QED) is 0.798. The predicted molar refractivity (Wildman–Crippen MR) is 96.1 cm³/mol. The third-order valence-electron chi connectivity index (χ3n) is 4.01. The Morgan fingerprint density at radius 2 is 1.78 bits per heavy atom. The van der Waals surface area contributed by atoms with Crippen molar-refractivity contribution in [3.63, 3.8) is 0 Å². The molecule has 2 aromatic carbocycles. The van der Waals surface area contributed by atoms with Crippen molar-refractivity contribution in [1.82, 2.24) is 10.6 Å². The zero-order chi connectivity index (χ0) is 20.0. The molecule has 0 bridgehead atoms. The summed E-state index contributed by atoms with van der Waals surface area (Å²) >= 11 is 0. The summed E-state index contributed by atoms with van der Waals surface area (Å²) in [7, 11) is 0. The van der Waals surface area contributed by atoms with E-state index < -0.39 is 17.8 Å². The lowest BCUT2D eigenvalue weighted by atomic mass is 10.0. The second-order valence-electron chi connectivity index (χ2n) is 6.29. The molecule has 2 rings (SSSR count). The Morgan fingerprint density at radius 1 is 1.07 bits per heavy atom. The van der Waals surface area contributed by atoms with E-state index in [4.69, 9.17) is 0 Å². The molecule has 7 heteroatoms. The summed E-state index contributed by atoms with van der Waals surface area (Å²) in [5.74, 6) is -0.637. The van der Waals surface area contributed by atoms with Crippen LogP contribution in [0, 0.1) is 6.92 Å². The predicted octanol–water partition coefficient (Wildman–Crippen LogP) is 4.01. The fraction of sp³-hybridized carbons (Fsp3) is 0.300. The number of amides is 2. The summed E-state index contributed by atoms with van der Waals surface area (Å²) in [5, 5.41) is 5.29. The van der Waals surface area contributed by atoms with Crippen molar-refractivity contribution in [1.29, 1.82) is 0 Å². The van der Waals surface area contributed by atoms with Crippen LogP contribution < -0.4 is 10.6 Å². The van der Waals surface area contributed by atoms with Gasteiger partial charge in [-0.1, -0.05) is 29.8 Å². The van der Waals surface area contributed by atoms with Crippen LogP contribution in [0.4, 0.5) is 13.2 Å². The van der Waals surface area contributed by atoms with E-state index in [2.05, 4.69) is 10.6 Å². The van der Waals surface area contributed by atoms with Gasteiger partial charge in [0.25, 0.3) is 5.91 Å². The number of benzene rings is 2. The first-order chi connectivity index (χ1) is 12.7. The van der Waals surface area contributed by atoms with Crippen LogP contribution in [0.2, 0.25) is 0 Å². The second-order valence-corrected chi connectivity index (χ2v) is 6.29. The summed E-state index contributed by atoms with van der Waals surface area (Å²) < 4.78 is 38.3. The molecule has 0 fully saturated rings. The third-order valence-corrected chi connectivity index (χ3v) is 4.01. The van der Waals surface area contributed by atoms with Gasteiger partial charge in [0.2, 0.25) is 5.91 Å². The maximum absolute atomic E-state index is 12.8. The van der Waals surface area contributed by atoms with Gasteiger partial charge in [0.15, 0.2) is 0 Å². The van der Waals surface area contributed by atoms with Gasteiger partial charge in [-0.05, 0) is 43.7 Å². The lowest BCUT2D eigenvalue weighted by molar-refractivity contribution is -0.137. The molecule has 0 aliphatic heterocycles. The zero-order valence-electron chi connectivity index (χ0n) is 15.1. The van der Waals surface area contributed by atoms with Gasteiger partial charge in [-0.3, -0.25) is 9.59 Å². The highest BCUT2D eigenvalue weighted by Crippen LogP contribution is 2.30. The molecule has 1 unspecified atom stereocenters. The summed E-state index contributed by atoms with van der Waals surface area (Å²) in [6, 6.07) is 11.3. The number of hydrogen-bond donors (Lipinski definition) is 2. The van der Waals surface area contributed by atoms with Crippen molar-refractivity contribution in [3.05, 3.63) is 70.8 Å². The first kappa shape index (κ1) is 20.5. The Kier molecular flexibility index (Phi) is 6.60. The van der Waals surface area contributed by atoms with Crippen molar-refractivity contribution in [2.45, 2.75) is 32.5 Å². The van der Waals surface area contributed by atoms with E-state index in [0.717, 1.165) is 17.7 Å². The standard InChI is InChI=1S/C20H21F3N2O2/c1-13-5-3-7-16(11-13)19(27)24-10-9-18(26)25-14(2)15-6-4-8-17(12-15)20(21,22)23/h3-8,11-12,14H,9-10H2,1-2H3,(H,24,27)(H,25,26). The van der Waals surface area contributed by atoms with Crippen LogP contribution in [0.3, 0.4) is 0 Å². The normalized spacial score (nSPS) is 12.3. The molecule has 0 aromatic heterocycles. The SMILES string of the molecule is Cc1cccc(C(=O)NCCC(=O)NC(C)c2cccc(C(F)(F)F)c2)c1. The van der Waals surface area contributed by atoms with E-state index in [-0.39, 0.29) is 24.8 Å². The topological polar surface area (TPSA) is 58.2 Å². The van der Waals surface area contributed by atoms with E-state index in [1.165, 1.54) is 12.1 Å². The van der Waals surface area contributed by atoms with Gasteiger partial charge in [-0.25, -0.2) is 0 Å². The van der Waals surface area contributed by atoms with E-state index >= 15 is 0 Å². The van der Waals surface area contributed by atoms with Crippen LogP contribution in [0.25, 0.3) is 0 Å². The average molecular weight is 378 g/mol. The fourth-order valence-corrected chi connectivity index (χ4v) is 2.56. The molecular formula is C20H21F3N2O2. The Bertz CT molecular complexity index is 819. The molecular weight excluding hydrogens is 357 g/mol. The van der Waals surface area contributed by atoms with Gasteiger partial charge >= 0.3 is 6.18 Å². The summed E-state index contributed by atoms with van der Waals surface area (Å²) in [4.78, 5) is 24.0. The highest BCUT2D eigenvalue weighted by molar-refractivity contribution is 5.94. The van der Waals surface area contributed by atoms with Crippen LogP contribution in [-0.4, -0.2) is 18.4 Å². The van der Waals surface area contributed by atoms with Crippen molar-refractivity contribution in [2.75, 3.05) is 6.54 Å². The lowest BCUT2D eigenvalue weighted by Gasteiger charge is -2.16. The van der Waals surface area contributed by atoms with Gasteiger partial charge in [0.1, 0.15) is 0 Å². The molecule has 2 amide bonds. The molecule has 27 heavy (non-hydrogen) atoms. The molecule has 144 valence electrons. The number of aryl methyl sites for hydroxylation is 1. The number of carbonyl (C=O) groups excluding carboxylic acids is 2. The van der Waals surface area contributed by atoms with Crippen LogP contribution in [-0.2, 0) is 11.0 Å². The number of halogens is 3. The zero-order valence-corrected chi connectivity index (χ0v) is 15.1. The second kappa shape index (κ2) is 8.70. The van der Waals surface area contributed by atoms with Gasteiger partial charge in [-0.2, -0.15) is 13.2 Å². The molecule has 2 aromatic rings. The molecule has 4 nitrogen and oxygen atoms in total. The summed E-state index contributed by atoms with van der Waals surface area (Å²) in [5.41, 5.74) is 1.07. The van der Waals surface area contributed by atoms with Gasteiger partial charge in [0.05, 0.1) is 11.6 Å². The van der Waals surface area contributed by atoms with Crippen molar-refractivity contribution >= 4 is 11.8 Å². The molecule has 0 radical (unpaired) electrons. The van der Waals surface area contributed by atoms with Gasteiger partial charge < -0.3 is 10.6 Å². The van der Waals surface area contributed by atoms with E-state index in [0.29, 0.717) is 11.1 Å². The first-order valence-electron chi connectivity index (χ1n) is 8.48. The van der Waals surface area contributed by atoms with Crippen molar-refractivity contribution in [2.24, 2.45) is 0 Å². The average Bonchev–Trinajstić information content (AvgIpc) is 2.61. The molecule has 0 aliphatic rings. The molecule has 0 saturated heterocycles. The molecule has 2 N–H and O–H groups in total. The Morgan fingerprint density at radius 3 is 2.44 bits per heavy atom. The van der Waals surface area contributed by atoms with Gasteiger partial charge in [-0.15, -0.1) is 0 Å². The summed E-state index contributed by atoms with van der Waals surface area (Å²) in [6.07, 6.45) is -4.40. The molecule has 0 heterocycles. The maximum Gasteiger partial charge on any atom is 0.416 e. The minimum Gasteiger partial charge on any atom is -0.352 e. The highest BCUT2D eigenvalue weighted by Gasteiger charge is 2.30. The van der Waals surface area contributed by atoms with E-state index in [1.54, 1.807) is 25.1 Å². The molecule has 0 spiro atoms. The third kappa shape index (κ3) is 6.13. The van der Waals surface area contributed by atoms with Crippen LogP contribution in [0.1, 0.15) is 46.4 Å². The van der Waals surface area contributed by atoms with Crippen molar-refractivity contribution < 1.29 is 22.8 Å². The monoisotopic (exact) mass is 378 g/mol. The maximum atomic E-state index is 12.8. The smallest absolute Gasteiger partial charge is 0.352 e. The number of nitrogens with one attached hydrogen (secondary N) is 2. The van der Waals surface area contributed by atoms with Crippen LogP contribution in [0.5, 0.6) is 0 Å². The number of alkyl halides is 3. The largest absolute Gasteiger partial charge is 0.416 e. The fourth-order valence-electron chi connectivity index (χ4n) is 2.56. The minimum absolute atomic E-state index is 0.0286.